The van der Waals surface area contributed by atoms with E-state index in [9.17, 15) is 4.79 Å². The molecule has 3 aromatic rings. The molecular formula is C31H30N2O2. The number of carbonyl (C=O) groups excluding carboxylic acids is 1. The fourth-order valence-corrected chi connectivity index (χ4v) is 6.15. The summed E-state index contributed by atoms with van der Waals surface area (Å²) in [5.41, 5.74) is 10.1. The van der Waals surface area contributed by atoms with Crippen molar-refractivity contribution in [3.63, 3.8) is 0 Å². The molecule has 3 atom stereocenters. The summed E-state index contributed by atoms with van der Waals surface area (Å²) in [6.45, 7) is 1.78. The highest BCUT2D eigenvalue weighted by Gasteiger charge is 2.50. The van der Waals surface area contributed by atoms with Crippen LogP contribution in [0.4, 0.5) is 0 Å². The third-order valence-corrected chi connectivity index (χ3v) is 7.90. The van der Waals surface area contributed by atoms with E-state index in [0.717, 1.165) is 54.6 Å². The highest BCUT2D eigenvalue weighted by molar-refractivity contribution is 6.14. The number of Topliss-reactive ketones (excluding diaryl/α,β-unsaturated/α-hetero) is 1. The van der Waals surface area contributed by atoms with Gasteiger partial charge in [0.05, 0.1) is 0 Å². The Morgan fingerprint density at radius 1 is 0.829 bits per heavy atom. The highest BCUT2D eigenvalue weighted by Crippen LogP contribution is 2.58. The summed E-state index contributed by atoms with van der Waals surface area (Å²) in [4.78, 5) is 18.9. The number of aliphatic imine (C=N–C) groups is 1. The highest BCUT2D eigenvalue weighted by atomic mass is 16.5. The molecule has 2 heterocycles. The van der Waals surface area contributed by atoms with Crippen LogP contribution in [0.15, 0.2) is 102 Å². The van der Waals surface area contributed by atoms with Crippen LogP contribution in [0.3, 0.4) is 0 Å². The van der Waals surface area contributed by atoms with Crippen LogP contribution in [0.1, 0.15) is 41.0 Å². The van der Waals surface area contributed by atoms with Crippen molar-refractivity contribution in [1.82, 2.24) is 0 Å². The van der Waals surface area contributed by atoms with Crippen molar-refractivity contribution >= 4 is 11.6 Å². The minimum absolute atomic E-state index is 0.0161. The second-order valence-electron chi connectivity index (χ2n) is 9.94. The van der Waals surface area contributed by atoms with Crippen LogP contribution in [-0.2, 0) is 21.5 Å². The van der Waals surface area contributed by atoms with E-state index in [1.807, 2.05) is 60.7 Å². The Labute approximate surface area is 206 Å². The zero-order valence-electron chi connectivity index (χ0n) is 19.8. The number of amidine groups is 1. The molecule has 0 amide bonds. The maximum absolute atomic E-state index is 14.1. The smallest absolute Gasteiger partial charge is 0.196 e. The minimum Gasteiger partial charge on any atom is -0.384 e. The number of nitrogens with two attached hydrogens (primary N) is 1. The summed E-state index contributed by atoms with van der Waals surface area (Å²) in [5.74, 6) is 2.55. The Kier molecular flexibility index (Phi) is 5.62. The average Bonchev–Trinajstić information content (AvgIpc) is 3.63. The fourth-order valence-electron chi connectivity index (χ4n) is 6.15. The number of ether oxygens (including phenoxy) is 1. The third kappa shape index (κ3) is 3.92. The molecule has 0 aromatic heterocycles. The van der Waals surface area contributed by atoms with Gasteiger partial charge >= 0.3 is 0 Å². The molecule has 0 radical (unpaired) electrons. The molecule has 1 saturated carbocycles. The predicted molar refractivity (Wildman–Crippen MR) is 138 cm³/mol. The van der Waals surface area contributed by atoms with Crippen LogP contribution in [0.25, 0.3) is 0 Å². The maximum atomic E-state index is 14.1. The Balaban J connectivity index is 1.29. The number of fused-ring (bicyclic) bond motifs is 1. The molecule has 3 aliphatic rings. The first-order valence-electron chi connectivity index (χ1n) is 12.5. The monoisotopic (exact) mass is 462 g/mol. The zero-order valence-corrected chi connectivity index (χ0v) is 19.8. The van der Waals surface area contributed by atoms with Crippen molar-refractivity contribution < 1.29 is 9.53 Å². The number of dihydropyridines is 1. The molecule has 4 nitrogen and oxygen atoms in total. The first-order valence-corrected chi connectivity index (χ1v) is 12.5. The minimum atomic E-state index is -1.17. The number of benzene rings is 3. The van der Waals surface area contributed by atoms with Crippen LogP contribution < -0.4 is 5.73 Å². The van der Waals surface area contributed by atoms with Crippen molar-refractivity contribution in [1.29, 1.82) is 0 Å². The zero-order chi connectivity index (χ0) is 23.8. The molecule has 1 aliphatic carbocycles. The summed E-state index contributed by atoms with van der Waals surface area (Å²) >= 11 is 0. The Morgan fingerprint density at radius 3 is 1.97 bits per heavy atom. The SMILES string of the molecule is NC1=NC(c2ccccc2)(c2ccccc2)C(=O)C(Cc2ccc(C3C4CCOCC[C@@H]43)cc2)=C1. The molecule has 2 unspecified atom stereocenters. The standard InChI is InChI=1S/C31H30N2O2/c32-28-20-23(19-21-11-13-22(14-12-21)29-26-15-17-35-18-16-27(26)29)30(34)31(33-28,24-7-3-1-4-8-24)25-9-5-2-6-10-25/h1-14,20,26-27,29H,15-19H2,(H2,32,33)/t26-,27?,29?/m0/s1. The van der Waals surface area contributed by atoms with Gasteiger partial charge in [-0.3, -0.25) is 4.79 Å². The lowest BCUT2D eigenvalue weighted by Crippen LogP contribution is -2.41. The first kappa shape index (κ1) is 22.0. The number of rotatable bonds is 5. The molecule has 2 fully saturated rings. The molecule has 0 spiro atoms. The molecule has 176 valence electrons. The lowest BCUT2D eigenvalue weighted by atomic mass is 9.75. The largest absolute Gasteiger partial charge is 0.384 e. The second-order valence-corrected chi connectivity index (χ2v) is 9.94. The van der Waals surface area contributed by atoms with Crippen LogP contribution in [0.5, 0.6) is 0 Å². The van der Waals surface area contributed by atoms with Gasteiger partial charge in [-0.15, -0.1) is 0 Å². The van der Waals surface area contributed by atoms with Gasteiger partial charge in [0.15, 0.2) is 11.3 Å². The topological polar surface area (TPSA) is 64.7 Å². The molecular weight excluding hydrogens is 432 g/mol. The van der Waals surface area contributed by atoms with Gasteiger partial charge in [0.2, 0.25) is 0 Å². The summed E-state index contributed by atoms with van der Waals surface area (Å²) < 4.78 is 5.62. The normalized spacial score (nSPS) is 25.1. The summed E-state index contributed by atoms with van der Waals surface area (Å²) in [7, 11) is 0. The van der Waals surface area contributed by atoms with Gasteiger partial charge in [0.1, 0.15) is 5.84 Å². The summed E-state index contributed by atoms with van der Waals surface area (Å²) in [6.07, 6.45) is 4.61. The number of carbonyl (C=O) groups is 1. The summed E-state index contributed by atoms with van der Waals surface area (Å²) in [6, 6.07) is 28.4. The molecule has 2 aliphatic heterocycles. The lowest BCUT2D eigenvalue weighted by molar-refractivity contribution is -0.119. The molecule has 1 saturated heterocycles. The van der Waals surface area contributed by atoms with Crippen LogP contribution in [0, 0.1) is 11.8 Å². The Morgan fingerprint density at radius 2 is 1.40 bits per heavy atom. The van der Waals surface area contributed by atoms with E-state index >= 15 is 0 Å². The first-order chi connectivity index (χ1) is 17.2. The number of nitrogens with zero attached hydrogens (tertiary/aromatic N) is 1. The van der Waals surface area contributed by atoms with Crippen molar-refractivity contribution in [3.8, 4) is 0 Å². The molecule has 0 bridgehead atoms. The van der Waals surface area contributed by atoms with Crippen LogP contribution in [0.2, 0.25) is 0 Å². The summed E-state index contributed by atoms with van der Waals surface area (Å²) in [5, 5.41) is 0. The van der Waals surface area contributed by atoms with Crippen molar-refractivity contribution in [2.45, 2.75) is 30.7 Å². The van der Waals surface area contributed by atoms with Crippen molar-refractivity contribution in [3.05, 3.63) is 119 Å². The Bertz CT molecular complexity index is 1230. The van der Waals surface area contributed by atoms with E-state index in [4.69, 9.17) is 15.5 Å². The fraction of sp³-hybridized carbons (Fsp3) is 0.290. The third-order valence-electron chi connectivity index (χ3n) is 7.90. The molecule has 4 heteroatoms. The predicted octanol–water partition coefficient (Wildman–Crippen LogP) is 5.18. The molecule has 6 rings (SSSR count). The molecule has 2 N–H and O–H groups in total. The number of hydrogen-bond acceptors (Lipinski definition) is 4. The second kappa shape index (κ2) is 8.94. The van der Waals surface area contributed by atoms with Crippen LogP contribution in [-0.4, -0.2) is 24.8 Å². The lowest BCUT2D eigenvalue weighted by Gasteiger charge is -2.33. The van der Waals surface area contributed by atoms with Gasteiger partial charge in [-0.2, -0.15) is 0 Å². The number of hydrogen-bond donors (Lipinski definition) is 1. The van der Waals surface area contributed by atoms with E-state index in [1.54, 1.807) is 6.08 Å². The van der Waals surface area contributed by atoms with Gasteiger partial charge in [0, 0.05) is 25.2 Å². The van der Waals surface area contributed by atoms with E-state index in [-0.39, 0.29) is 5.78 Å². The maximum Gasteiger partial charge on any atom is 0.196 e. The number of ketones is 1. The van der Waals surface area contributed by atoms with Gasteiger partial charge < -0.3 is 10.5 Å². The quantitative estimate of drug-likeness (QED) is 0.568. The van der Waals surface area contributed by atoms with Gasteiger partial charge in [-0.1, -0.05) is 84.9 Å². The average molecular weight is 463 g/mol. The van der Waals surface area contributed by atoms with Gasteiger partial charge in [-0.25, -0.2) is 4.99 Å². The van der Waals surface area contributed by atoms with Gasteiger partial charge in [0.25, 0.3) is 0 Å². The Hall–Kier alpha value is -3.50. The van der Waals surface area contributed by atoms with Crippen LogP contribution >= 0.6 is 0 Å². The van der Waals surface area contributed by atoms with E-state index in [2.05, 4.69) is 24.3 Å². The molecule has 35 heavy (non-hydrogen) atoms. The van der Waals surface area contributed by atoms with E-state index in [1.165, 1.54) is 5.56 Å². The van der Waals surface area contributed by atoms with E-state index in [0.29, 0.717) is 23.7 Å². The van der Waals surface area contributed by atoms with Crippen molar-refractivity contribution in [2.24, 2.45) is 22.6 Å². The van der Waals surface area contributed by atoms with Gasteiger partial charge in [-0.05, 0) is 58.9 Å². The van der Waals surface area contributed by atoms with E-state index < -0.39 is 5.54 Å². The van der Waals surface area contributed by atoms with Crippen molar-refractivity contribution in [2.75, 3.05) is 13.2 Å². The molecule has 3 aromatic carbocycles.